The molecule has 0 aromatic carbocycles. The summed E-state index contributed by atoms with van der Waals surface area (Å²) in [4.78, 5) is 0. The third-order valence-electron chi connectivity index (χ3n) is 9.77. The van der Waals surface area contributed by atoms with Crippen LogP contribution >= 0.6 is 9.24 Å². The van der Waals surface area contributed by atoms with Crippen molar-refractivity contribution in [2.75, 3.05) is 12.8 Å². The van der Waals surface area contributed by atoms with Crippen molar-refractivity contribution >= 4 is 9.24 Å². The Morgan fingerprint density at radius 2 is 1.60 bits per heavy atom. The van der Waals surface area contributed by atoms with Gasteiger partial charge in [0.2, 0.25) is 0 Å². The minimum atomic E-state index is -0.405. The van der Waals surface area contributed by atoms with E-state index in [9.17, 15) is 4.39 Å². The van der Waals surface area contributed by atoms with Crippen molar-refractivity contribution in [1.29, 1.82) is 0 Å². The minimum absolute atomic E-state index is 0.242. The third kappa shape index (κ3) is 14.9. The Balaban J connectivity index is 0.000000277. The molecule has 5 aliphatic carbocycles. The second-order valence-corrected chi connectivity index (χ2v) is 14.2. The molecule has 286 valence electrons. The van der Waals surface area contributed by atoms with Crippen LogP contribution in [-0.2, 0) is 0 Å². The second-order valence-electron chi connectivity index (χ2n) is 13.8. The van der Waals surface area contributed by atoms with E-state index in [0.717, 1.165) is 30.1 Å². The summed E-state index contributed by atoms with van der Waals surface area (Å²) in [5.41, 5.74) is 9.64. The molecule has 0 saturated carbocycles. The van der Waals surface area contributed by atoms with Gasteiger partial charge in [-0.05, 0) is 91.1 Å². The predicted octanol–water partition coefficient (Wildman–Crippen LogP) is 14.6. The molecule has 0 spiro atoms. The van der Waals surface area contributed by atoms with E-state index in [4.69, 9.17) is 0 Å². The van der Waals surface area contributed by atoms with Gasteiger partial charge in [-0.1, -0.05) is 182 Å². The van der Waals surface area contributed by atoms with Crippen LogP contribution in [0.1, 0.15) is 93.4 Å². The molecule has 0 aromatic heterocycles. The molecule has 6 aliphatic rings. The molecule has 1 heterocycles. The summed E-state index contributed by atoms with van der Waals surface area (Å²) in [6.45, 7) is 18.3. The predicted molar refractivity (Wildman–Crippen MR) is 239 cm³/mol. The standard InChI is InChI=1S/C22H22FP.C11H16.C8H9N.C5H12.C4H10/c23-13-17-11-9-15-5-1-3-7-19(15)21(17)22-18(14-24)12-10-16-6-2-4-8-20(16)22;1-5-7-9-11(4)10(3)8-6-2;1-2-4-8-7(3-1)5-6-9-8;1-3-5-4-2;1-3-4-2/h1-9,11-12,15-16,19H,10,13-14,24H2;5-9H,3H2,1-2,4H3;1-2,4-7,9H,3H2;3-5H2,1-2H3;3-4H2,1-2H3/b;7-5-,8-6-,11-9-;;;. The summed E-state index contributed by atoms with van der Waals surface area (Å²) in [5, 5.41) is 3.19. The highest BCUT2D eigenvalue weighted by Gasteiger charge is 2.33. The number of unbranched alkanes of at least 4 members (excludes halogenated alkanes) is 3. The normalized spacial score (nSPS) is 22.9. The van der Waals surface area contributed by atoms with Crippen molar-refractivity contribution in [1.82, 2.24) is 5.32 Å². The molecule has 1 aliphatic heterocycles. The van der Waals surface area contributed by atoms with E-state index in [0.29, 0.717) is 17.8 Å². The summed E-state index contributed by atoms with van der Waals surface area (Å²) >= 11 is 0. The van der Waals surface area contributed by atoms with Gasteiger partial charge in [0.25, 0.3) is 0 Å². The lowest BCUT2D eigenvalue weighted by Crippen LogP contribution is -2.24. The van der Waals surface area contributed by atoms with Crippen molar-refractivity contribution in [3.8, 4) is 0 Å². The topological polar surface area (TPSA) is 12.0 Å². The number of rotatable bonds is 9. The first-order chi connectivity index (χ1) is 25.8. The zero-order valence-electron chi connectivity index (χ0n) is 34.0. The Labute approximate surface area is 326 Å². The smallest absolute Gasteiger partial charge is 0.115 e. The maximum atomic E-state index is 13.9. The van der Waals surface area contributed by atoms with E-state index in [-0.39, 0.29) is 5.92 Å². The van der Waals surface area contributed by atoms with Gasteiger partial charge in [-0.2, -0.15) is 0 Å². The SMILES string of the molecule is C1=CCC2C=CNC2=C1.C=C(/C=C\C)/C(C)=C\C=C/C.CCCC.CCCCC.FCC1=C(C2=C3C=CC=CC3CC=C2CP)C2C=CC=CC2C=C1. The molecule has 0 aromatic rings. The minimum Gasteiger partial charge on any atom is -0.365 e. The highest BCUT2D eigenvalue weighted by Crippen LogP contribution is 2.46. The lowest BCUT2D eigenvalue weighted by molar-refractivity contribution is 0.529. The summed E-state index contributed by atoms with van der Waals surface area (Å²) in [6, 6.07) is 0. The summed E-state index contributed by atoms with van der Waals surface area (Å²) < 4.78 is 13.9. The number of alkyl halides is 1. The zero-order chi connectivity index (χ0) is 38.8. The highest BCUT2D eigenvalue weighted by atomic mass is 31.0. The van der Waals surface area contributed by atoms with Crippen LogP contribution in [0, 0.1) is 23.7 Å². The molecule has 0 fully saturated rings. The average Bonchev–Trinajstić information content (AvgIpc) is 3.69. The van der Waals surface area contributed by atoms with Gasteiger partial charge in [0.1, 0.15) is 6.67 Å². The van der Waals surface area contributed by atoms with E-state index in [1.165, 1.54) is 65.7 Å². The molecule has 1 nitrogen and oxygen atoms in total. The van der Waals surface area contributed by atoms with Crippen LogP contribution in [0.15, 0.2) is 179 Å². The quantitative estimate of drug-likeness (QED) is 0.184. The fourth-order valence-corrected chi connectivity index (χ4v) is 6.85. The Hall–Kier alpha value is -3.74. The maximum Gasteiger partial charge on any atom is 0.115 e. The molecule has 0 saturated heterocycles. The lowest BCUT2D eigenvalue weighted by atomic mass is 9.69. The number of hydrogen-bond donors (Lipinski definition) is 1. The van der Waals surface area contributed by atoms with Crippen molar-refractivity contribution < 1.29 is 4.39 Å². The van der Waals surface area contributed by atoms with Crippen molar-refractivity contribution in [3.05, 3.63) is 179 Å². The monoisotopic (exact) mass is 734 g/mol. The number of halogens is 1. The Morgan fingerprint density at radius 3 is 2.23 bits per heavy atom. The van der Waals surface area contributed by atoms with Crippen LogP contribution in [0.3, 0.4) is 0 Å². The number of allylic oxidation sites excluding steroid dienone is 27. The van der Waals surface area contributed by atoms with Gasteiger partial charge >= 0.3 is 0 Å². The molecule has 5 unspecified atom stereocenters. The third-order valence-corrected chi connectivity index (χ3v) is 10.2. The summed E-state index contributed by atoms with van der Waals surface area (Å²) in [5.74, 6) is 1.65. The van der Waals surface area contributed by atoms with Crippen LogP contribution in [0.25, 0.3) is 0 Å². The van der Waals surface area contributed by atoms with E-state index in [1.807, 2.05) is 50.4 Å². The molecular formula is C50H69FNP. The van der Waals surface area contributed by atoms with Crippen molar-refractivity contribution in [2.24, 2.45) is 23.7 Å². The number of nitrogens with one attached hydrogen (secondary N) is 1. The molecule has 6 rings (SSSR count). The Kier molecular flexibility index (Phi) is 23.1. The highest BCUT2D eigenvalue weighted by molar-refractivity contribution is 7.16. The molecule has 53 heavy (non-hydrogen) atoms. The molecule has 5 atom stereocenters. The van der Waals surface area contributed by atoms with Gasteiger partial charge in [0, 0.05) is 29.4 Å². The van der Waals surface area contributed by atoms with Crippen molar-refractivity contribution in [3.63, 3.8) is 0 Å². The van der Waals surface area contributed by atoms with Crippen LogP contribution in [0.4, 0.5) is 4.39 Å². The first-order valence-electron chi connectivity index (χ1n) is 20.1. The van der Waals surface area contributed by atoms with E-state index < -0.39 is 6.67 Å². The molecule has 1 N–H and O–H groups in total. The van der Waals surface area contributed by atoms with Gasteiger partial charge in [-0.25, -0.2) is 4.39 Å². The van der Waals surface area contributed by atoms with Crippen molar-refractivity contribution in [2.45, 2.75) is 93.4 Å². The fraction of sp³-hybridized carbons (Fsp3) is 0.400. The van der Waals surface area contributed by atoms with Gasteiger partial charge < -0.3 is 5.32 Å². The Bertz CT molecular complexity index is 1580. The average molecular weight is 734 g/mol. The zero-order valence-corrected chi connectivity index (χ0v) is 35.1. The van der Waals surface area contributed by atoms with Crippen LogP contribution in [0.2, 0.25) is 0 Å². The number of hydrogen-bond acceptors (Lipinski definition) is 1. The van der Waals surface area contributed by atoms with Gasteiger partial charge in [-0.15, -0.1) is 9.24 Å². The van der Waals surface area contributed by atoms with Crippen LogP contribution < -0.4 is 5.32 Å². The summed E-state index contributed by atoms with van der Waals surface area (Å²) in [7, 11) is 2.85. The van der Waals surface area contributed by atoms with Crippen LogP contribution in [-0.4, -0.2) is 12.8 Å². The molecule has 0 bridgehead atoms. The van der Waals surface area contributed by atoms with Crippen LogP contribution in [0.5, 0.6) is 0 Å². The molecule has 0 amide bonds. The molecule has 3 heteroatoms. The maximum absolute atomic E-state index is 13.9. The van der Waals surface area contributed by atoms with E-state index in [1.54, 1.807) is 0 Å². The number of fused-ring (bicyclic) bond motifs is 3. The van der Waals surface area contributed by atoms with E-state index in [2.05, 4.69) is 147 Å². The fourth-order valence-electron chi connectivity index (χ4n) is 6.48. The van der Waals surface area contributed by atoms with E-state index >= 15 is 0 Å². The molecular weight excluding hydrogens is 665 g/mol. The molecule has 0 radical (unpaired) electrons. The second kappa shape index (κ2) is 26.9. The first kappa shape index (κ1) is 45.4. The van der Waals surface area contributed by atoms with Gasteiger partial charge in [0.05, 0.1) is 0 Å². The largest absolute Gasteiger partial charge is 0.365 e. The Morgan fingerprint density at radius 1 is 0.868 bits per heavy atom. The van der Waals surface area contributed by atoms with Gasteiger partial charge in [0.15, 0.2) is 0 Å². The lowest BCUT2D eigenvalue weighted by Gasteiger charge is -2.36. The van der Waals surface area contributed by atoms with Gasteiger partial charge in [-0.3, -0.25) is 0 Å². The first-order valence-corrected chi connectivity index (χ1v) is 20.9. The summed E-state index contributed by atoms with van der Waals surface area (Å²) in [6.07, 6.45) is 54.5.